The Morgan fingerprint density at radius 1 is 1.27 bits per heavy atom. The number of piperidine rings is 1. The van der Waals surface area contributed by atoms with Crippen molar-refractivity contribution < 1.29 is 4.79 Å². The summed E-state index contributed by atoms with van der Waals surface area (Å²) in [6.45, 7) is 10.3. The van der Waals surface area contributed by atoms with Gasteiger partial charge in [0.25, 0.3) is 0 Å². The summed E-state index contributed by atoms with van der Waals surface area (Å²) in [6, 6.07) is 0.378. The molecule has 1 saturated heterocycles. The van der Waals surface area contributed by atoms with Gasteiger partial charge in [-0.1, -0.05) is 45.7 Å². The van der Waals surface area contributed by atoms with Crippen molar-refractivity contribution >= 4 is 5.91 Å². The van der Waals surface area contributed by atoms with Crippen LogP contribution in [0.1, 0.15) is 78.0 Å². The minimum atomic E-state index is 0.0359. The Balaban J connectivity index is 1.84. The largest absolute Gasteiger partial charge is 0.343 e. The molecule has 0 atom stereocenters. The maximum atomic E-state index is 12.1. The van der Waals surface area contributed by atoms with Crippen LogP contribution in [-0.4, -0.2) is 38.9 Å². The Hall–Kier alpha value is -1.39. The van der Waals surface area contributed by atoms with Gasteiger partial charge in [-0.2, -0.15) is 0 Å². The molecular formula is C17H30N4O. The van der Waals surface area contributed by atoms with Crippen molar-refractivity contribution in [2.75, 3.05) is 13.1 Å². The first kappa shape index (κ1) is 17.0. The van der Waals surface area contributed by atoms with Crippen LogP contribution in [0.5, 0.6) is 0 Å². The molecule has 0 aliphatic carbocycles. The van der Waals surface area contributed by atoms with Gasteiger partial charge in [0.15, 0.2) is 0 Å². The minimum Gasteiger partial charge on any atom is -0.343 e. The highest BCUT2D eigenvalue weighted by molar-refractivity contribution is 5.76. The molecule has 22 heavy (non-hydrogen) atoms. The normalized spacial score (nSPS) is 17.0. The van der Waals surface area contributed by atoms with Crippen LogP contribution in [0, 0.1) is 0 Å². The van der Waals surface area contributed by atoms with E-state index in [4.69, 9.17) is 0 Å². The monoisotopic (exact) mass is 306 g/mol. The van der Waals surface area contributed by atoms with E-state index in [1.54, 1.807) is 0 Å². The molecule has 5 heteroatoms. The maximum Gasteiger partial charge on any atom is 0.222 e. The first-order valence-electron chi connectivity index (χ1n) is 8.62. The van der Waals surface area contributed by atoms with Crippen LogP contribution >= 0.6 is 0 Å². The van der Waals surface area contributed by atoms with E-state index in [0.717, 1.165) is 50.9 Å². The Morgan fingerprint density at radius 2 is 1.95 bits per heavy atom. The van der Waals surface area contributed by atoms with E-state index in [1.807, 2.05) is 9.58 Å². The van der Waals surface area contributed by atoms with Gasteiger partial charge >= 0.3 is 0 Å². The summed E-state index contributed by atoms with van der Waals surface area (Å²) in [6.07, 6.45) is 8.07. The van der Waals surface area contributed by atoms with Gasteiger partial charge in [0.1, 0.15) is 0 Å². The lowest BCUT2D eigenvalue weighted by Crippen LogP contribution is -2.39. The van der Waals surface area contributed by atoms with E-state index in [0.29, 0.717) is 18.4 Å². The summed E-state index contributed by atoms with van der Waals surface area (Å²) in [5.74, 6) is 0.320. The first-order chi connectivity index (χ1) is 10.4. The number of unbranched alkanes of at least 4 members (excludes halogenated alkanes) is 2. The third-order valence-electron chi connectivity index (χ3n) is 4.46. The predicted octanol–water partition coefficient (Wildman–Crippen LogP) is 3.32. The molecule has 0 saturated carbocycles. The highest BCUT2D eigenvalue weighted by Crippen LogP contribution is 2.25. The number of rotatable bonds is 5. The standard InChI is InChI=1S/C17H30N4O/c1-5-6-7-8-16(22)20-11-9-14(10-12-20)21-13-15(18-19-21)17(2,3)4/h13-14H,5-12H2,1-4H3. The van der Waals surface area contributed by atoms with Crippen molar-refractivity contribution in [3.63, 3.8) is 0 Å². The topological polar surface area (TPSA) is 51.0 Å². The molecule has 1 aliphatic heterocycles. The van der Waals surface area contributed by atoms with Crippen LogP contribution < -0.4 is 0 Å². The number of aromatic nitrogens is 3. The average molecular weight is 306 g/mol. The summed E-state index contributed by atoms with van der Waals surface area (Å²) >= 11 is 0. The van der Waals surface area contributed by atoms with Crippen molar-refractivity contribution in [3.8, 4) is 0 Å². The molecule has 124 valence electrons. The van der Waals surface area contributed by atoms with E-state index < -0.39 is 0 Å². The number of carbonyl (C=O) groups excluding carboxylic acids is 1. The van der Waals surface area contributed by atoms with Gasteiger partial charge in [0, 0.05) is 31.1 Å². The fourth-order valence-electron chi connectivity index (χ4n) is 2.86. The zero-order valence-corrected chi connectivity index (χ0v) is 14.5. The minimum absolute atomic E-state index is 0.0359. The number of carbonyl (C=O) groups is 1. The third-order valence-corrected chi connectivity index (χ3v) is 4.46. The zero-order valence-electron chi connectivity index (χ0n) is 14.5. The van der Waals surface area contributed by atoms with Gasteiger partial charge < -0.3 is 4.90 Å². The van der Waals surface area contributed by atoms with Crippen LogP contribution in [-0.2, 0) is 10.2 Å². The molecule has 2 rings (SSSR count). The SMILES string of the molecule is CCCCCC(=O)N1CCC(n2cc(C(C)(C)C)nn2)CC1. The summed E-state index contributed by atoms with van der Waals surface area (Å²) in [7, 11) is 0. The number of hydrogen-bond acceptors (Lipinski definition) is 3. The lowest BCUT2D eigenvalue weighted by Gasteiger charge is -2.32. The van der Waals surface area contributed by atoms with Gasteiger partial charge in [0.2, 0.25) is 5.91 Å². The quantitative estimate of drug-likeness (QED) is 0.784. The molecule has 0 N–H and O–H groups in total. The van der Waals surface area contributed by atoms with Crippen LogP contribution in [0.15, 0.2) is 6.20 Å². The van der Waals surface area contributed by atoms with E-state index in [9.17, 15) is 4.79 Å². The van der Waals surface area contributed by atoms with Crippen LogP contribution in [0.4, 0.5) is 0 Å². The summed E-state index contributed by atoms with van der Waals surface area (Å²) < 4.78 is 2.00. The fraction of sp³-hybridized carbons (Fsp3) is 0.824. The Bertz CT molecular complexity index is 481. The Morgan fingerprint density at radius 3 is 2.50 bits per heavy atom. The second kappa shape index (κ2) is 7.25. The van der Waals surface area contributed by atoms with Crippen LogP contribution in [0.3, 0.4) is 0 Å². The number of likely N-dealkylation sites (tertiary alicyclic amines) is 1. The smallest absolute Gasteiger partial charge is 0.222 e. The van der Waals surface area contributed by atoms with E-state index in [1.165, 1.54) is 0 Å². The average Bonchev–Trinajstić information content (AvgIpc) is 2.97. The Labute approximate surface area is 134 Å². The second-order valence-corrected chi connectivity index (χ2v) is 7.40. The van der Waals surface area contributed by atoms with Crippen LogP contribution in [0.25, 0.3) is 0 Å². The highest BCUT2D eigenvalue weighted by atomic mass is 16.2. The van der Waals surface area contributed by atoms with Crippen molar-refractivity contribution in [2.24, 2.45) is 0 Å². The molecular weight excluding hydrogens is 276 g/mol. The number of nitrogens with zero attached hydrogens (tertiary/aromatic N) is 4. The molecule has 0 unspecified atom stereocenters. The molecule has 1 aromatic rings. The van der Waals surface area contributed by atoms with Crippen molar-refractivity contribution in [3.05, 3.63) is 11.9 Å². The molecule has 1 amide bonds. The lowest BCUT2D eigenvalue weighted by molar-refractivity contribution is -0.132. The number of amides is 1. The molecule has 0 radical (unpaired) electrons. The molecule has 1 fully saturated rings. The van der Waals surface area contributed by atoms with Gasteiger partial charge in [0.05, 0.1) is 11.7 Å². The van der Waals surface area contributed by atoms with Gasteiger partial charge in [-0.15, -0.1) is 5.10 Å². The Kier molecular flexibility index (Phi) is 5.59. The highest BCUT2D eigenvalue weighted by Gasteiger charge is 2.26. The van der Waals surface area contributed by atoms with E-state index in [-0.39, 0.29) is 5.41 Å². The molecule has 5 nitrogen and oxygen atoms in total. The molecule has 0 spiro atoms. The van der Waals surface area contributed by atoms with Crippen LogP contribution in [0.2, 0.25) is 0 Å². The van der Waals surface area contributed by atoms with Gasteiger partial charge in [-0.3, -0.25) is 4.79 Å². The van der Waals surface area contributed by atoms with Gasteiger partial charge in [-0.05, 0) is 19.3 Å². The first-order valence-corrected chi connectivity index (χ1v) is 8.62. The molecule has 2 heterocycles. The lowest BCUT2D eigenvalue weighted by atomic mass is 9.93. The fourth-order valence-corrected chi connectivity index (χ4v) is 2.86. The second-order valence-electron chi connectivity index (χ2n) is 7.40. The zero-order chi connectivity index (χ0) is 16.2. The van der Waals surface area contributed by atoms with Crippen molar-refractivity contribution in [1.29, 1.82) is 0 Å². The van der Waals surface area contributed by atoms with E-state index in [2.05, 4.69) is 44.2 Å². The molecule has 0 bridgehead atoms. The van der Waals surface area contributed by atoms with Crippen molar-refractivity contribution in [2.45, 2.75) is 77.7 Å². The third kappa shape index (κ3) is 4.31. The predicted molar refractivity (Wildman–Crippen MR) is 87.7 cm³/mol. The summed E-state index contributed by atoms with van der Waals surface area (Å²) in [5.41, 5.74) is 1.07. The maximum absolute atomic E-state index is 12.1. The summed E-state index contributed by atoms with van der Waals surface area (Å²) in [4.78, 5) is 14.2. The summed E-state index contributed by atoms with van der Waals surface area (Å²) in [5, 5.41) is 8.60. The van der Waals surface area contributed by atoms with E-state index >= 15 is 0 Å². The van der Waals surface area contributed by atoms with Crippen molar-refractivity contribution in [1.82, 2.24) is 19.9 Å². The molecule has 1 aliphatic rings. The molecule has 0 aromatic carbocycles. The number of hydrogen-bond donors (Lipinski definition) is 0. The molecule has 1 aromatic heterocycles. The van der Waals surface area contributed by atoms with Gasteiger partial charge in [-0.25, -0.2) is 4.68 Å².